The highest BCUT2D eigenvalue weighted by atomic mass is 14.9. The zero-order valence-corrected chi connectivity index (χ0v) is 10.1. The maximum atomic E-state index is 8.82. The van der Waals surface area contributed by atoms with E-state index in [-0.39, 0.29) is 0 Å². The highest BCUT2D eigenvalue weighted by molar-refractivity contribution is 5.49. The first-order chi connectivity index (χ1) is 8.81. The zero-order chi connectivity index (χ0) is 12.8. The second kappa shape index (κ2) is 5.85. The van der Waals surface area contributed by atoms with Gasteiger partial charge in [0.1, 0.15) is 0 Å². The van der Waals surface area contributed by atoms with Crippen LogP contribution in [0.25, 0.3) is 0 Å². The number of nitrogens with one attached hydrogen (secondary N) is 1. The molecule has 2 aromatic rings. The van der Waals surface area contributed by atoms with Crippen molar-refractivity contribution >= 4 is 5.69 Å². The zero-order valence-electron chi connectivity index (χ0n) is 10.1. The van der Waals surface area contributed by atoms with Crippen LogP contribution >= 0.6 is 0 Å². The first-order valence-corrected chi connectivity index (χ1v) is 5.84. The van der Waals surface area contributed by atoms with Crippen molar-refractivity contribution < 1.29 is 0 Å². The van der Waals surface area contributed by atoms with Gasteiger partial charge < -0.3 is 11.1 Å². The van der Waals surface area contributed by atoms with E-state index in [9.17, 15) is 0 Å². The fraction of sp³-hybridized carbons (Fsp3) is 0.133. The predicted octanol–water partition coefficient (Wildman–Crippen LogP) is 2.63. The van der Waals surface area contributed by atoms with Crippen LogP contribution in [0, 0.1) is 11.3 Å². The van der Waals surface area contributed by atoms with Crippen LogP contribution in [0.3, 0.4) is 0 Å². The summed E-state index contributed by atoms with van der Waals surface area (Å²) in [5, 5.41) is 12.1. The normalized spacial score (nSPS) is 9.78. The number of nitrogens with zero attached hydrogens (tertiary/aromatic N) is 1. The Balaban J connectivity index is 2.00. The summed E-state index contributed by atoms with van der Waals surface area (Å²) in [6.45, 7) is 1.30. The van der Waals surface area contributed by atoms with E-state index in [4.69, 9.17) is 11.0 Å². The lowest BCUT2D eigenvalue weighted by atomic mass is 10.1. The van der Waals surface area contributed by atoms with E-state index < -0.39 is 0 Å². The Bertz CT molecular complexity index is 553. The average Bonchev–Trinajstić information content (AvgIpc) is 2.46. The van der Waals surface area contributed by atoms with Gasteiger partial charge >= 0.3 is 0 Å². The molecule has 0 radical (unpaired) electrons. The second-order valence-corrected chi connectivity index (χ2v) is 4.07. The summed E-state index contributed by atoms with van der Waals surface area (Å²) in [6.07, 6.45) is 0. The maximum Gasteiger partial charge on any atom is 0.0992 e. The van der Waals surface area contributed by atoms with Crippen LogP contribution in [-0.2, 0) is 13.1 Å². The van der Waals surface area contributed by atoms with E-state index in [1.807, 2.05) is 30.3 Å². The lowest BCUT2D eigenvalue weighted by Gasteiger charge is -2.07. The largest absolute Gasteiger partial charge is 0.381 e. The van der Waals surface area contributed by atoms with Gasteiger partial charge in [0, 0.05) is 18.8 Å². The molecule has 0 saturated heterocycles. The first kappa shape index (κ1) is 12.2. The number of hydrogen-bond acceptors (Lipinski definition) is 3. The molecule has 0 fully saturated rings. The molecular weight excluding hydrogens is 222 g/mol. The summed E-state index contributed by atoms with van der Waals surface area (Å²) in [6, 6.07) is 17.8. The highest BCUT2D eigenvalue weighted by Gasteiger charge is 1.96. The Hall–Kier alpha value is -2.31. The lowest BCUT2D eigenvalue weighted by Crippen LogP contribution is -2.01. The summed E-state index contributed by atoms with van der Waals surface area (Å²) in [5.74, 6) is 0. The topological polar surface area (TPSA) is 61.8 Å². The van der Waals surface area contributed by atoms with E-state index >= 15 is 0 Å². The average molecular weight is 237 g/mol. The smallest absolute Gasteiger partial charge is 0.0992 e. The van der Waals surface area contributed by atoms with E-state index in [2.05, 4.69) is 23.5 Å². The van der Waals surface area contributed by atoms with Gasteiger partial charge in [0.25, 0.3) is 0 Å². The number of benzene rings is 2. The molecule has 2 rings (SSSR count). The predicted molar refractivity (Wildman–Crippen MR) is 72.8 cm³/mol. The summed E-state index contributed by atoms with van der Waals surface area (Å²) in [5.41, 5.74) is 9.49. The van der Waals surface area contributed by atoms with Crippen molar-refractivity contribution in [2.45, 2.75) is 13.1 Å². The molecule has 3 N–H and O–H groups in total. The van der Waals surface area contributed by atoms with E-state index in [0.29, 0.717) is 12.1 Å². The Kier molecular flexibility index (Phi) is 3.95. The maximum absolute atomic E-state index is 8.82. The molecular formula is C15H15N3. The van der Waals surface area contributed by atoms with Crippen molar-refractivity contribution in [3.05, 3.63) is 65.2 Å². The molecule has 0 heterocycles. The molecule has 18 heavy (non-hydrogen) atoms. The van der Waals surface area contributed by atoms with Gasteiger partial charge in [0.2, 0.25) is 0 Å². The summed E-state index contributed by atoms with van der Waals surface area (Å²) in [4.78, 5) is 0. The van der Waals surface area contributed by atoms with Gasteiger partial charge in [-0.3, -0.25) is 0 Å². The molecule has 0 aliphatic rings. The molecule has 90 valence electrons. The minimum absolute atomic E-state index is 0.567. The third-order valence-corrected chi connectivity index (χ3v) is 2.75. The van der Waals surface area contributed by atoms with Gasteiger partial charge in [0.05, 0.1) is 11.6 Å². The third-order valence-electron chi connectivity index (χ3n) is 2.75. The van der Waals surface area contributed by atoms with Crippen LogP contribution < -0.4 is 11.1 Å². The molecule has 3 nitrogen and oxygen atoms in total. The molecule has 0 atom stereocenters. The molecule has 3 heteroatoms. The van der Waals surface area contributed by atoms with Gasteiger partial charge in [-0.2, -0.15) is 5.26 Å². The van der Waals surface area contributed by atoms with E-state index in [1.54, 1.807) is 6.07 Å². The van der Waals surface area contributed by atoms with Gasteiger partial charge in [-0.1, -0.05) is 30.3 Å². The van der Waals surface area contributed by atoms with Crippen molar-refractivity contribution in [2.75, 3.05) is 5.32 Å². The number of rotatable bonds is 4. The standard InChI is InChI=1S/C15H15N3/c16-9-12-4-6-13(7-5-12)11-18-15-3-1-2-14(8-15)10-17/h1-8,18H,9,11,16H2. The Morgan fingerprint density at radius 2 is 1.78 bits per heavy atom. The van der Waals surface area contributed by atoms with Crippen LogP contribution in [0.2, 0.25) is 0 Å². The molecule has 0 spiro atoms. The third kappa shape index (κ3) is 3.09. The van der Waals surface area contributed by atoms with Crippen molar-refractivity contribution in [3.8, 4) is 6.07 Å². The molecule has 0 saturated carbocycles. The lowest BCUT2D eigenvalue weighted by molar-refractivity contribution is 1.06. The number of nitriles is 1. The van der Waals surface area contributed by atoms with Crippen LogP contribution in [0.1, 0.15) is 16.7 Å². The van der Waals surface area contributed by atoms with Crippen molar-refractivity contribution in [2.24, 2.45) is 5.73 Å². The fourth-order valence-corrected chi connectivity index (χ4v) is 1.70. The highest BCUT2D eigenvalue weighted by Crippen LogP contribution is 2.12. The minimum atomic E-state index is 0.567. The quantitative estimate of drug-likeness (QED) is 0.859. The summed E-state index contributed by atoms with van der Waals surface area (Å²) >= 11 is 0. The van der Waals surface area contributed by atoms with Crippen molar-refractivity contribution in [1.82, 2.24) is 0 Å². The molecule has 0 bridgehead atoms. The van der Waals surface area contributed by atoms with Crippen molar-refractivity contribution in [3.63, 3.8) is 0 Å². The fourth-order valence-electron chi connectivity index (χ4n) is 1.70. The summed E-state index contributed by atoms with van der Waals surface area (Å²) < 4.78 is 0. The monoisotopic (exact) mass is 237 g/mol. The van der Waals surface area contributed by atoms with Gasteiger partial charge in [0.15, 0.2) is 0 Å². The number of nitrogens with two attached hydrogens (primary N) is 1. The first-order valence-electron chi connectivity index (χ1n) is 5.84. The molecule has 0 aromatic heterocycles. The molecule has 0 amide bonds. The van der Waals surface area contributed by atoms with E-state index in [0.717, 1.165) is 17.8 Å². The number of anilines is 1. The summed E-state index contributed by atoms with van der Waals surface area (Å²) in [7, 11) is 0. The Morgan fingerprint density at radius 3 is 2.44 bits per heavy atom. The van der Waals surface area contributed by atoms with Crippen molar-refractivity contribution in [1.29, 1.82) is 5.26 Å². The van der Waals surface area contributed by atoms with Crippen LogP contribution in [-0.4, -0.2) is 0 Å². The van der Waals surface area contributed by atoms with Crippen LogP contribution in [0.15, 0.2) is 48.5 Å². The molecule has 0 unspecified atom stereocenters. The van der Waals surface area contributed by atoms with Gasteiger partial charge in [-0.15, -0.1) is 0 Å². The van der Waals surface area contributed by atoms with Gasteiger partial charge in [-0.05, 0) is 29.3 Å². The van der Waals surface area contributed by atoms with E-state index in [1.165, 1.54) is 5.56 Å². The molecule has 0 aliphatic heterocycles. The Morgan fingerprint density at radius 1 is 1.06 bits per heavy atom. The van der Waals surface area contributed by atoms with Gasteiger partial charge in [-0.25, -0.2) is 0 Å². The van der Waals surface area contributed by atoms with Crippen LogP contribution in [0.4, 0.5) is 5.69 Å². The second-order valence-electron chi connectivity index (χ2n) is 4.07. The molecule has 0 aliphatic carbocycles. The Labute approximate surface area is 107 Å². The van der Waals surface area contributed by atoms with Crippen LogP contribution in [0.5, 0.6) is 0 Å². The molecule has 2 aromatic carbocycles. The minimum Gasteiger partial charge on any atom is -0.381 e. The number of hydrogen-bond donors (Lipinski definition) is 2. The SMILES string of the molecule is N#Cc1cccc(NCc2ccc(CN)cc2)c1.